The number of carboxylic acids is 1. The van der Waals surface area contributed by atoms with Gasteiger partial charge in [0.25, 0.3) is 0 Å². The van der Waals surface area contributed by atoms with Crippen molar-refractivity contribution in [3.05, 3.63) is 47.3 Å². The van der Waals surface area contributed by atoms with Crippen LogP contribution in [0, 0.1) is 6.92 Å². The van der Waals surface area contributed by atoms with E-state index in [-0.39, 0.29) is 6.54 Å². The first-order valence-electron chi connectivity index (χ1n) is 5.27. The van der Waals surface area contributed by atoms with E-state index in [1.165, 1.54) is 4.88 Å². The average Bonchev–Trinajstić information content (AvgIpc) is 2.73. The maximum atomic E-state index is 10.9. The predicted octanol–water partition coefficient (Wildman–Crippen LogP) is 3.28. The molecule has 88 valence electrons. The Hall–Kier alpha value is -1.81. The van der Waals surface area contributed by atoms with Gasteiger partial charge in [0.05, 0.1) is 5.00 Å². The first kappa shape index (κ1) is 11.7. The predicted molar refractivity (Wildman–Crippen MR) is 70.1 cm³/mol. The molecular formula is C13H13NO2S. The Morgan fingerprint density at radius 2 is 1.94 bits per heavy atom. The zero-order valence-electron chi connectivity index (χ0n) is 9.46. The Morgan fingerprint density at radius 1 is 1.24 bits per heavy atom. The third-order valence-electron chi connectivity index (χ3n) is 2.35. The average molecular weight is 247 g/mol. The van der Waals surface area contributed by atoms with Gasteiger partial charge in [-0.05, 0) is 31.2 Å². The molecule has 0 amide bonds. The van der Waals surface area contributed by atoms with E-state index in [1.54, 1.807) is 16.2 Å². The Balaban J connectivity index is 2.35. The molecule has 0 aliphatic heterocycles. The summed E-state index contributed by atoms with van der Waals surface area (Å²) in [6, 6.07) is 13.5. The molecule has 0 fully saturated rings. The molecule has 4 heteroatoms. The zero-order valence-corrected chi connectivity index (χ0v) is 10.3. The fourth-order valence-corrected chi connectivity index (χ4v) is 2.49. The number of carbonyl (C=O) groups is 1. The van der Waals surface area contributed by atoms with Crippen molar-refractivity contribution in [3.63, 3.8) is 0 Å². The molecule has 2 rings (SSSR count). The summed E-state index contributed by atoms with van der Waals surface area (Å²) < 4.78 is 0. The molecular weight excluding hydrogens is 234 g/mol. The van der Waals surface area contributed by atoms with Crippen molar-refractivity contribution in [3.8, 4) is 0 Å². The first-order valence-corrected chi connectivity index (χ1v) is 6.09. The number of aryl methyl sites for hydroxylation is 1. The fraction of sp³-hybridized carbons (Fsp3) is 0.154. The maximum absolute atomic E-state index is 10.9. The van der Waals surface area contributed by atoms with Crippen LogP contribution in [-0.2, 0) is 4.79 Å². The summed E-state index contributed by atoms with van der Waals surface area (Å²) >= 11 is 1.60. The fourth-order valence-electron chi connectivity index (χ4n) is 1.61. The number of nitrogens with zero attached hydrogens (tertiary/aromatic N) is 1. The Labute approximate surface area is 104 Å². The van der Waals surface area contributed by atoms with E-state index >= 15 is 0 Å². The van der Waals surface area contributed by atoms with Crippen LogP contribution in [0.25, 0.3) is 0 Å². The number of thiophene rings is 1. The lowest BCUT2D eigenvalue weighted by atomic mass is 10.3. The second kappa shape index (κ2) is 5.01. The second-order valence-electron chi connectivity index (χ2n) is 3.70. The SMILES string of the molecule is Cc1ccc(N(CC(=O)O)c2ccccc2)s1. The van der Waals surface area contributed by atoms with Gasteiger partial charge in [0.2, 0.25) is 0 Å². The molecule has 1 N–H and O–H groups in total. The molecule has 1 heterocycles. The molecule has 0 radical (unpaired) electrons. The van der Waals surface area contributed by atoms with Gasteiger partial charge in [0, 0.05) is 10.6 Å². The third-order valence-corrected chi connectivity index (χ3v) is 3.38. The van der Waals surface area contributed by atoms with Crippen LogP contribution in [0.1, 0.15) is 4.88 Å². The summed E-state index contributed by atoms with van der Waals surface area (Å²) in [4.78, 5) is 13.9. The molecule has 0 aliphatic carbocycles. The van der Waals surface area contributed by atoms with Crippen molar-refractivity contribution in [1.29, 1.82) is 0 Å². The van der Waals surface area contributed by atoms with Gasteiger partial charge in [-0.15, -0.1) is 11.3 Å². The van der Waals surface area contributed by atoms with Crippen LogP contribution in [0.15, 0.2) is 42.5 Å². The van der Waals surface area contributed by atoms with Crippen LogP contribution in [0.3, 0.4) is 0 Å². The molecule has 0 aliphatic rings. The number of anilines is 2. The third kappa shape index (κ3) is 2.85. The molecule has 3 nitrogen and oxygen atoms in total. The van der Waals surface area contributed by atoms with E-state index in [2.05, 4.69) is 0 Å². The zero-order chi connectivity index (χ0) is 12.3. The van der Waals surface area contributed by atoms with E-state index in [0.29, 0.717) is 0 Å². The number of benzene rings is 1. The minimum Gasteiger partial charge on any atom is -0.480 e. The van der Waals surface area contributed by atoms with E-state index in [4.69, 9.17) is 5.11 Å². The van der Waals surface area contributed by atoms with Crippen molar-refractivity contribution in [2.24, 2.45) is 0 Å². The topological polar surface area (TPSA) is 40.5 Å². The molecule has 2 aromatic rings. The van der Waals surface area contributed by atoms with Gasteiger partial charge in [-0.2, -0.15) is 0 Å². The van der Waals surface area contributed by atoms with Gasteiger partial charge >= 0.3 is 5.97 Å². The number of hydrogen-bond acceptors (Lipinski definition) is 3. The minimum absolute atomic E-state index is 0.0238. The Kier molecular flexibility index (Phi) is 3.44. The van der Waals surface area contributed by atoms with Gasteiger partial charge in [0.15, 0.2) is 0 Å². The Morgan fingerprint density at radius 3 is 2.47 bits per heavy atom. The molecule has 1 aromatic carbocycles. The lowest BCUT2D eigenvalue weighted by molar-refractivity contribution is -0.135. The Bertz CT molecular complexity index is 507. The first-order chi connectivity index (χ1) is 8.16. The van der Waals surface area contributed by atoms with E-state index < -0.39 is 5.97 Å². The summed E-state index contributed by atoms with van der Waals surface area (Å²) in [7, 11) is 0. The normalized spacial score (nSPS) is 10.2. The second-order valence-corrected chi connectivity index (χ2v) is 4.97. The van der Waals surface area contributed by atoms with Crippen molar-refractivity contribution in [2.45, 2.75) is 6.92 Å². The lowest BCUT2D eigenvalue weighted by Crippen LogP contribution is -2.23. The molecule has 0 unspecified atom stereocenters. The van der Waals surface area contributed by atoms with Crippen LogP contribution in [-0.4, -0.2) is 17.6 Å². The van der Waals surface area contributed by atoms with Gasteiger partial charge < -0.3 is 10.0 Å². The van der Waals surface area contributed by atoms with Crippen LogP contribution >= 0.6 is 11.3 Å². The molecule has 1 aromatic heterocycles. The summed E-state index contributed by atoms with van der Waals surface area (Å²) in [5, 5.41) is 9.93. The molecule has 0 atom stereocenters. The maximum Gasteiger partial charge on any atom is 0.323 e. The summed E-state index contributed by atoms with van der Waals surface area (Å²) in [6.45, 7) is 1.99. The highest BCUT2D eigenvalue weighted by atomic mass is 32.1. The van der Waals surface area contributed by atoms with Crippen molar-refractivity contribution in [2.75, 3.05) is 11.4 Å². The van der Waals surface area contributed by atoms with Crippen LogP contribution in [0.5, 0.6) is 0 Å². The number of rotatable bonds is 4. The van der Waals surface area contributed by atoms with Crippen LogP contribution in [0.2, 0.25) is 0 Å². The van der Waals surface area contributed by atoms with Crippen LogP contribution < -0.4 is 4.90 Å². The molecule has 0 saturated carbocycles. The van der Waals surface area contributed by atoms with Gasteiger partial charge in [-0.3, -0.25) is 4.79 Å². The minimum atomic E-state index is -0.833. The smallest absolute Gasteiger partial charge is 0.323 e. The highest BCUT2D eigenvalue weighted by Gasteiger charge is 2.14. The number of hydrogen-bond donors (Lipinski definition) is 1. The van der Waals surface area contributed by atoms with Gasteiger partial charge in [-0.1, -0.05) is 18.2 Å². The monoisotopic (exact) mass is 247 g/mol. The quantitative estimate of drug-likeness (QED) is 0.901. The largest absolute Gasteiger partial charge is 0.480 e. The van der Waals surface area contributed by atoms with E-state index in [9.17, 15) is 4.79 Å². The van der Waals surface area contributed by atoms with Crippen molar-refractivity contribution < 1.29 is 9.90 Å². The summed E-state index contributed by atoms with van der Waals surface area (Å²) in [6.07, 6.45) is 0. The lowest BCUT2D eigenvalue weighted by Gasteiger charge is -2.20. The van der Waals surface area contributed by atoms with Crippen LogP contribution in [0.4, 0.5) is 10.7 Å². The summed E-state index contributed by atoms with van der Waals surface area (Å²) in [5.74, 6) is -0.833. The van der Waals surface area contributed by atoms with Gasteiger partial charge in [0.1, 0.15) is 6.54 Å². The van der Waals surface area contributed by atoms with Gasteiger partial charge in [-0.25, -0.2) is 0 Å². The van der Waals surface area contributed by atoms with Crippen molar-refractivity contribution in [1.82, 2.24) is 0 Å². The summed E-state index contributed by atoms with van der Waals surface area (Å²) in [5.41, 5.74) is 0.900. The highest BCUT2D eigenvalue weighted by molar-refractivity contribution is 7.16. The molecule has 0 bridgehead atoms. The standard InChI is InChI=1S/C13H13NO2S/c1-10-7-8-12(17-10)14(9-13(15)16)11-5-3-2-4-6-11/h2-8H,9H2,1H3,(H,15,16). The number of carboxylic acid groups (broad SMARTS) is 1. The van der Waals surface area contributed by atoms with Crippen molar-refractivity contribution >= 4 is 28.0 Å². The molecule has 17 heavy (non-hydrogen) atoms. The highest BCUT2D eigenvalue weighted by Crippen LogP contribution is 2.31. The van der Waals surface area contributed by atoms with E-state index in [1.807, 2.05) is 49.4 Å². The molecule has 0 spiro atoms. The number of aliphatic carboxylic acids is 1. The van der Waals surface area contributed by atoms with E-state index in [0.717, 1.165) is 10.7 Å². The number of para-hydroxylation sites is 1. The molecule has 0 saturated heterocycles.